The second-order valence-electron chi connectivity index (χ2n) is 2.98. The molecule has 0 aromatic heterocycles. The van der Waals surface area contributed by atoms with Gasteiger partial charge in [-0.2, -0.15) is 0 Å². The van der Waals surface area contributed by atoms with Gasteiger partial charge in [0.1, 0.15) is 0 Å². The molecule has 0 aliphatic carbocycles. The second kappa shape index (κ2) is 6.08. The third kappa shape index (κ3) is 5.14. The average Bonchev–Trinajstić information content (AvgIpc) is 2.19. The van der Waals surface area contributed by atoms with Crippen LogP contribution < -0.4 is 0 Å². The highest BCUT2D eigenvalue weighted by Crippen LogP contribution is 2.42. The summed E-state index contributed by atoms with van der Waals surface area (Å²) in [6.45, 7) is 3.35. The van der Waals surface area contributed by atoms with Crippen molar-refractivity contribution in [3.8, 4) is 0 Å². The highest BCUT2D eigenvalue weighted by Gasteiger charge is 2.19. The molecule has 1 N–H and O–H groups in total. The van der Waals surface area contributed by atoms with Crippen molar-refractivity contribution in [2.24, 2.45) is 0 Å². The molecule has 0 saturated heterocycles. The molecular formula is C9H16NO4P. The fourth-order valence-corrected chi connectivity index (χ4v) is 1.86. The van der Waals surface area contributed by atoms with Crippen molar-refractivity contribution >= 4 is 7.82 Å². The van der Waals surface area contributed by atoms with E-state index >= 15 is 0 Å². The van der Waals surface area contributed by atoms with E-state index in [0.717, 1.165) is 6.54 Å². The first-order valence-corrected chi connectivity index (χ1v) is 6.33. The van der Waals surface area contributed by atoms with E-state index in [4.69, 9.17) is 9.42 Å². The normalized spacial score (nSPS) is 19.2. The fourth-order valence-electron chi connectivity index (χ4n) is 1.15. The number of nitrogens with zero attached hydrogens (tertiary/aromatic N) is 1. The maximum atomic E-state index is 11.1. The molecule has 86 valence electrons. The summed E-state index contributed by atoms with van der Waals surface area (Å²) in [6, 6.07) is 0. The lowest BCUT2D eigenvalue weighted by Gasteiger charge is -2.20. The number of phosphoric acid groups is 1. The zero-order valence-electron chi connectivity index (χ0n) is 8.70. The molecular weight excluding hydrogens is 217 g/mol. The molecule has 6 heteroatoms. The minimum Gasteiger partial charge on any atom is -0.371 e. The Morgan fingerprint density at radius 1 is 1.47 bits per heavy atom. The average molecular weight is 233 g/mol. The van der Waals surface area contributed by atoms with Crippen molar-refractivity contribution in [1.82, 2.24) is 4.90 Å². The Balaban J connectivity index is 2.18. The Morgan fingerprint density at radius 2 is 2.27 bits per heavy atom. The van der Waals surface area contributed by atoms with E-state index in [-0.39, 0.29) is 13.2 Å². The molecule has 15 heavy (non-hydrogen) atoms. The Kier molecular flexibility index (Phi) is 5.05. The van der Waals surface area contributed by atoms with Crippen LogP contribution in [0.15, 0.2) is 24.4 Å². The largest absolute Gasteiger partial charge is 0.472 e. The lowest BCUT2D eigenvalue weighted by molar-refractivity contribution is 0.146. The predicted molar refractivity (Wildman–Crippen MR) is 57.3 cm³/mol. The lowest BCUT2D eigenvalue weighted by Crippen LogP contribution is -2.23. The van der Waals surface area contributed by atoms with Crippen LogP contribution >= 0.6 is 7.82 Å². The van der Waals surface area contributed by atoms with Crippen molar-refractivity contribution in [1.29, 1.82) is 0 Å². The van der Waals surface area contributed by atoms with Gasteiger partial charge in [0, 0.05) is 13.1 Å². The number of allylic oxidation sites excluding steroid dienone is 2. The highest BCUT2D eigenvalue weighted by molar-refractivity contribution is 7.47. The van der Waals surface area contributed by atoms with Gasteiger partial charge in [-0.15, -0.1) is 0 Å². The first kappa shape index (κ1) is 12.5. The van der Waals surface area contributed by atoms with Gasteiger partial charge in [-0.3, -0.25) is 9.05 Å². The van der Waals surface area contributed by atoms with Crippen LogP contribution in [-0.2, 0) is 13.6 Å². The van der Waals surface area contributed by atoms with E-state index < -0.39 is 7.82 Å². The van der Waals surface area contributed by atoms with Crippen LogP contribution in [0.5, 0.6) is 0 Å². The van der Waals surface area contributed by atoms with E-state index in [0.29, 0.717) is 6.54 Å². The molecule has 1 aliphatic rings. The molecule has 0 aromatic rings. The maximum Gasteiger partial charge on any atom is 0.472 e. The summed E-state index contributed by atoms with van der Waals surface area (Å²) in [6.07, 6.45) is 7.77. The van der Waals surface area contributed by atoms with Gasteiger partial charge in [-0.05, 0) is 19.2 Å². The molecule has 0 radical (unpaired) electrons. The van der Waals surface area contributed by atoms with E-state index in [1.165, 1.54) is 0 Å². The second-order valence-corrected chi connectivity index (χ2v) is 4.44. The summed E-state index contributed by atoms with van der Waals surface area (Å²) in [5.41, 5.74) is 0. The van der Waals surface area contributed by atoms with Crippen LogP contribution in [-0.4, -0.2) is 36.1 Å². The number of hydrogen-bond acceptors (Lipinski definition) is 4. The van der Waals surface area contributed by atoms with Crippen LogP contribution in [0.1, 0.15) is 6.92 Å². The summed E-state index contributed by atoms with van der Waals surface area (Å²) < 4.78 is 20.4. The number of rotatable bonds is 6. The zero-order valence-corrected chi connectivity index (χ0v) is 9.60. The number of hydrogen-bond donors (Lipinski definition) is 1. The molecule has 5 nitrogen and oxygen atoms in total. The van der Waals surface area contributed by atoms with Gasteiger partial charge in [-0.1, -0.05) is 12.2 Å². The Labute approximate surface area is 89.6 Å². The zero-order chi connectivity index (χ0) is 11.1. The van der Waals surface area contributed by atoms with Crippen molar-refractivity contribution in [2.45, 2.75) is 6.92 Å². The fraction of sp³-hybridized carbons (Fsp3) is 0.556. The van der Waals surface area contributed by atoms with Crippen LogP contribution in [0.25, 0.3) is 0 Å². The first-order chi connectivity index (χ1) is 7.14. The molecule has 1 heterocycles. The Morgan fingerprint density at radius 3 is 2.87 bits per heavy atom. The summed E-state index contributed by atoms with van der Waals surface area (Å²) in [7, 11) is -3.83. The summed E-state index contributed by atoms with van der Waals surface area (Å²) in [5.74, 6) is 0. The maximum absolute atomic E-state index is 11.1. The predicted octanol–water partition coefficient (Wildman–Crippen LogP) is 1.53. The first-order valence-electron chi connectivity index (χ1n) is 4.83. The Hall–Kier alpha value is -0.610. The standard InChI is InChI=1S/C9H16NO4P/c1-2-13-15(11,12)14-9-8-10-6-4-3-5-7-10/h3-6H,2,7-9H2,1H3,(H,11,12). The molecule has 0 amide bonds. The molecule has 0 saturated carbocycles. The van der Waals surface area contributed by atoms with Gasteiger partial charge in [0.05, 0.1) is 13.2 Å². The van der Waals surface area contributed by atoms with Gasteiger partial charge in [-0.25, -0.2) is 4.57 Å². The molecule has 1 rings (SSSR count). The van der Waals surface area contributed by atoms with E-state index in [1.54, 1.807) is 6.92 Å². The van der Waals surface area contributed by atoms with Crippen LogP contribution in [0.3, 0.4) is 0 Å². The summed E-state index contributed by atoms with van der Waals surface area (Å²) in [5, 5.41) is 0. The van der Waals surface area contributed by atoms with Crippen LogP contribution in [0, 0.1) is 0 Å². The van der Waals surface area contributed by atoms with Gasteiger partial charge in [0.2, 0.25) is 0 Å². The van der Waals surface area contributed by atoms with Gasteiger partial charge < -0.3 is 9.79 Å². The van der Waals surface area contributed by atoms with Crippen LogP contribution in [0.2, 0.25) is 0 Å². The van der Waals surface area contributed by atoms with E-state index in [1.807, 2.05) is 29.3 Å². The SMILES string of the molecule is CCOP(=O)(O)OCCN1C=CC=CC1. The number of phosphoric ester groups is 1. The Bertz CT molecular complexity index is 290. The van der Waals surface area contributed by atoms with Crippen molar-refractivity contribution in [2.75, 3.05) is 26.3 Å². The molecule has 1 atom stereocenters. The molecule has 1 aliphatic heterocycles. The monoisotopic (exact) mass is 233 g/mol. The lowest BCUT2D eigenvalue weighted by atomic mass is 10.3. The van der Waals surface area contributed by atoms with Crippen molar-refractivity contribution in [3.63, 3.8) is 0 Å². The third-order valence-corrected chi connectivity index (χ3v) is 2.90. The van der Waals surface area contributed by atoms with Gasteiger partial charge in [0.15, 0.2) is 0 Å². The quantitative estimate of drug-likeness (QED) is 0.705. The van der Waals surface area contributed by atoms with Gasteiger partial charge in [0.25, 0.3) is 0 Å². The summed E-state index contributed by atoms with van der Waals surface area (Å²) >= 11 is 0. The smallest absolute Gasteiger partial charge is 0.371 e. The molecule has 1 unspecified atom stereocenters. The topological polar surface area (TPSA) is 59.0 Å². The van der Waals surface area contributed by atoms with Gasteiger partial charge >= 0.3 is 7.82 Å². The van der Waals surface area contributed by atoms with E-state index in [2.05, 4.69) is 4.52 Å². The molecule has 0 bridgehead atoms. The summed E-state index contributed by atoms with van der Waals surface area (Å²) in [4.78, 5) is 11.1. The minimum atomic E-state index is -3.83. The van der Waals surface area contributed by atoms with Crippen LogP contribution in [0.4, 0.5) is 0 Å². The third-order valence-electron chi connectivity index (χ3n) is 1.81. The minimum absolute atomic E-state index is 0.167. The van der Waals surface area contributed by atoms with E-state index in [9.17, 15) is 4.57 Å². The van der Waals surface area contributed by atoms with Crippen molar-refractivity contribution < 1.29 is 18.5 Å². The van der Waals surface area contributed by atoms with Crippen molar-refractivity contribution in [3.05, 3.63) is 24.4 Å². The molecule has 0 fully saturated rings. The molecule has 0 aromatic carbocycles. The highest BCUT2D eigenvalue weighted by atomic mass is 31.2. The molecule has 0 spiro atoms.